The molecule has 6 nitrogen and oxygen atoms in total. The highest BCUT2D eigenvalue weighted by Crippen LogP contribution is 2.23. The van der Waals surface area contributed by atoms with Gasteiger partial charge in [0.1, 0.15) is 23.7 Å². The van der Waals surface area contributed by atoms with E-state index in [1.54, 1.807) is 30.3 Å². The van der Waals surface area contributed by atoms with Crippen LogP contribution in [0, 0.1) is 0 Å². The molecule has 2 aromatic heterocycles. The van der Waals surface area contributed by atoms with Gasteiger partial charge in [-0.05, 0) is 53.9 Å². The molecule has 4 rings (SSSR count). The molecule has 29 heavy (non-hydrogen) atoms. The fraction of sp³-hybridized carbons (Fsp3) is 0.0455. The molecular weight excluding hydrogens is 386 g/mol. The molecule has 1 amide bonds. The number of carbonyl (C=O) groups excluding carboxylic acids is 1. The van der Waals surface area contributed by atoms with Crippen molar-refractivity contribution in [3.63, 3.8) is 0 Å². The molecule has 7 heteroatoms. The van der Waals surface area contributed by atoms with Crippen LogP contribution in [0.5, 0.6) is 11.5 Å². The third kappa shape index (κ3) is 4.77. The van der Waals surface area contributed by atoms with Gasteiger partial charge < -0.3 is 10.1 Å². The van der Waals surface area contributed by atoms with Gasteiger partial charge in [0, 0.05) is 11.8 Å². The predicted octanol–water partition coefficient (Wildman–Crippen LogP) is 4.40. The number of rotatable bonds is 6. The van der Waals surface area contributed by atoms with Gasteiger partial charge >= 0.3 is 0 Å². The van der Waals surface area contributed by atoms with Gasteiger partial charge in [-0.25, -0.2) is 4.68 Å². The monoisotopic (exact) mass is 403 g/mol. The molecule has 0 bridgehead atoms. The Balaban J connectivity index is 1.41. The van der Waals surface area contributed by atoms with E-state index >= 15 is 0 Å². The summed E-state index contributed by atoms with van der Waals surface area (Å²) < 4.78 is 6.90. The third-order valence-electron chi connectivity index (χ3n) is 4.05. The summed E-state index contributed by atoms with van der Waals surface area (Å²) in [6, 6.07) is 23.4. The van der Waals surface area contributed by atoms with Crippen molar-refractivity contribution in [1.29, 1.82) is 0 Å². The molecule has 0 aliphatic rings. The number of aromatic nitrogens is 2. The van der Waals surface area contributed by atoms with Crippen molar-refractivity contribution in [2.24, 2.45) is 0 Å². The Morgan fingerprint density at radius 1 is 0.931 bits per heavy atom. The van der Waals surface area contributed by atoms with Gasteiger partial charge in [0.15, 0.2) is 0 Å². The lowest BCUT2D eigenvalue weighted by Gasteiger charge is -2.09. The van der Waals surface area contributed by atoms with Crippen LogP contribution in [0.15, 0.2) is 89.0 Å². The van der Waals surface area contributed by atoms with E-state index in [-0.39, 0.29) is 18.0 Å². The van der Waals surface area contributed by atoms with Gasteiger partial charge in [0.2, 0.25) is 5.91 Å². The van der Waals surface area contributed by atoms with Crippen molar-refractivity contribution in [3.8, 4) is 22.1 Å². The Labute approximate surface area is 171 Å². The molecule has 0 fully saturated rings. The van der Waals surface area contributed by atoms with Crippen LogP contribution in [0.2, 0.25) is 0 Å². The minimum absolute atomic E-state index is 0.166. The van der Waals surface area contributed by atoms with E-state index in [1.165, 1.54) is 17.4 Å². The van der Waals surface area contributed by atoms with Gasteiger partial charge in [0.25, 0.3) is 5.56 Å². The topological polar surface area (TPSA) is 73.2 Å². The average molecular weight is 403 g/mol. The van der Waals surface area contributed by atoms with Gasteiger partial charge in [-0.3, -0.25) is 9.59 Å². The first-order chi connectivity index (χ1) is 14.2. The quantitative estimate of drug-likeness (QED) is 0.518. The molecule has 2 heterocycles. The highest BCUT2D eigenvalue weighted by Gasteiger charge is 2.09. The van der Waals surface area contributed by atoms with Crippen molar-refractivity contribution in [2.75, 3.05) is 5.32 Å². The summed E-state index contributed by atoms with van der Waals surface area (Å²) in [5.41, 5.74) is 0.944. The zero-order valence-electron chi connectivity index (χ0n) is 15.3. The van der Waals surface area contributed by atoms with Crippen LogP contribution in [0.4, 0.5) is 5.69 Å². The van der Waals surface area contributed by atoms with E-state index in [2.05, 4.69) is 10.4 Å². The van der Waals surface area contributed by atoms with E-state index in [0.717, 1.165) is 15.3 Å². The van der Waals surface area contributed by atoms with Crippen molar-refractivity contribution in [1.82, 2.24) is 9.78 Å². The first kappa shape index (κ1) is 18.6. The maximum Gasteiger partial charge on any atom is 0.267 e. The van der Waals surface area contributed by atoms with Crippen molar-refractivity contribution in [2.45, 2.75) is 6.54 Å². The van der Waals surface area contributed by atoms with E-state index in [0.29, 0.717) is 17.1 Å². The summed E-state index contributed by atoms with van der Waals surface area (Å²) in [7, 11) is 0. The molecule has 0 aliphatic carbocycles. The van der Waals surface area contributed by atoms with Crippen molar-refractivity contribution in [3.05, 3.63) is 94.6 Å². The minimum Gasteiger partial charge on any atom is -0.457 e. The van der Waals surface area contributed by atoms with Gasteiger partial charge in [-0.15, -0.1) is 11.3 Å². The second-order valence-electron chi connectivity index (χ2n) is 6.18. The first-order valence-electron chi connectivity index (χ1n) is 8.92. The number of amides is 1. The summed E-state index contributed by atoms with van der Waals surface area (Å²) in [4.78, 5) is 25.4. The van der Waals surface area contributed by atoms with Crippen LogP contribution in [-0.4, -0.2) is 15.7 Å². The molecule has 0 aliphatic heterocycles. The maximum absolute atomic E-state index is 12.4. The van der Waals surface area contributed by atoms with E-state index in [1.807, 2.05) is 47.8 Å². The Morgan fingerprint density at radius 2 is 1.69 bits per heavy atom. The lowest BCUT2D eigenvalue weighted by Crippen LogP contribution is -2.29. The number of carbonyl (C=O) groups is 1. The number of nitrogens with one attached hydrogen (secondary N) is 1. The number of anilines is 1. The van der Waals surface area contributed by atoms with Crippen LogP contribution < -0.4 is 15.6 Å². The zero-order chi connectivity index (χ0) is 20.1. The molecule has 0 saturated heterocycles. The summed E-state index contributed by atoms with van der Waals surface area (Å²) in [6.07, 6.45) is 0. The molecule has 2 aromatic carbocycles. The second kappa shape index (κ2) is 8.53. The minimum atomic E-state index is -0.334. The highest BCUT2D eigenvalue weighted by atomic mass is 32.1. The van der Waals surface area contributed by atoms with Gasteiger partial charge in [0.05, 0.1) is 4.88 Å². The Kier molecular flexibility index (Phi) is 5.49. The number of hydrogen-bond acceptors (Lipinski definition) is 5. The smallest absolute Gasteiger partial charge is 0.267 e. The fourth-order valence-corrected chi connectivity index (χ4v) is 3.38. The summed E-state index contributed by atoms with van der Waals surface area (Å²) in [5, 5.41) is 9.00. The first-order valence-corrected chi connectivity index (χ1v) is 9.80. The molecule has 1 N–H and O–H groups in total. The number of thiophene rings is 1. The SMILES string of the molecule is O=C(Cn1nc(-c2cccs2)ccc1=O)Nc1ccc(Oc2ccccc2)cc1. The molecule has 0 saturated carbocycles. The third-order valence-corrected chi connectivity index (χ3v) is 4.94. The van der Waals surface area contributed by atoms with Crippen LogP contribution in [0.3, 0.4) is 0 Å². The molecular formula is C22H17N3O3S. The lowest BCUT2D eigenvalue weighted by atomic mass is 10.3. The molecule has 0 spiro atoms. The summed E-state index contributed by atoms with van der Waals surface area (Å²) in [5.74, 6) is 1.07. The lowest BCUT2D eigenvalue weighted by molar-refractivity contribution is -0.117. The number of para-hydroxylation sites is 1. The van der Waals surface area contributed by atoms with Crippen molar-refractivity contribution < 1.29 is 9.53 Å². The van der Waals surface area contributed by atoms with E-state index < -0.39 is 0 Å². The number of hydrogen-bond donors (Lipinski definition) is 1. The normalized spacial score (nSPS) is 10.5. The van der Waals surface area contributed by atoms with Crippen LogP contribution in [0.1, 0.15) is 0 Å². The average Bonchev–Trinajstić information content (AvgIpc) is 3.27. The van der Waals surface area contributed by atoms with Crippen molar-refractivity contribution >= 4 is 22.9 Å². The Morgan fingerprint density at radius 3 is 2.41 bits per heavy atom. The van der Waals surface area contributed by atoms with Crippen LogP contribution in [0.25, 0.3) is 10.6 Å². The van der Waals surface area contributed by atoms with Gasteiger partial charge in [-0.1, -0.05) is 24.3 Å². The van der Waals surface area contributed by atoms with Crippen LogP contribution in [-0.2, 0) is 11.3 Å². The molecule has 0 atom stereocenters. The number of nitrogens with zero attached hydrogens (tertiary/aromatic N) is 2. The molecule has 0 radical (unpaired) electrons. The molecule has 0 unspecified atom stereocenters. The summed E-state index contributed by atoms with van der Waals surface area (Å²) in [6.45, 7) is -0.166. The van der Waals surface area contributed by atoms with Crippen LogP contribution >= 0.6 is 11.3 Å². The fourth-order valence-electron chi connectivity index (χ4n) is 2.69. The Hall–Kier alpha value is -3.71. The maximum atomic E-state index is 12.4. The second-order valence-corrected chi connectivity index (χ2v) is 7.13. The zero-order valence-corrected chi connectivity index (χ0v) is 16.1. The van der Waals surface area contributed by atoms with Gasteiger partial charge in [-0.2, -0.15) is 5.10 Å². The molecule has 4 aromatic rings. The number of ether oxygens (including phenoxy) is 1. The molecule has 144 valence electrons. The number of benzene rings is 2. The van der Waals surface area contributed by atoms with E-state index in [4.69, 9.17) is 4.74 Å². The highest BCUT2D eigenvalue weighted by molar-refractivity contribution is 7.13. The largest absolute Gasteiger partial charge is 0.457 e. The van der Waals surface area contributed by atoms with E-state index in [9.17, 15) is 9.59 Å². The predicted molar refractivity (Wildman–Crippen MR) is 113 cm³/mol. The summed E-state index contributed by atoms with van der Waals surface area (Å²) >= 11 is 1.52. The standard InChI is InChI=1S/C22H17N3O3S/c26-21(15-25-22(27)13-12-19(24-25)20-7-4-14-29-20)23-16-8-10-18(11-9-16)28-17-5-2-1-3-6-17/h1-14H,15H2,(H,23,26). The Bertz CT molecular complexity index is 1150.